The van der Waals surface area contributed by atoms with Gasteiger partial charge < -0.3 is 9.64 Å². The monoisotopic (exact) mass is 357 g/mol. The lowest BCUT2D eigenvalue weighted by molar-refractivity contribution is -0.278. The van der Waals surface area contributed by atoms with Gasteiger partial charge >= 0.3 is 12.4 Å². The maximum atomic E-state index is 12.4. The SMILES string of the molecule is O=C(C(C(F)(F)F)C(F)(F)F)N1CCOC(CBr)C1. The first-order valence-electron chi connectivity index (χ1n) is 5.17. The summed E-state index contributed by atoms with van der Waals surface area (Å²) in [4.78, 5) is 12.0. The summed E-state index contributed by atoms with van der Waals surface area (Å²) in [6.45, 7) is -0.678. The van der Waals surface area contributed by atoms with Crippen LogP contribution < -0.4 is 0 Å². The van der Waals surface area contributed by atoms with E-state index in [4.69, 9.17) is 4.74 Å². The van der Waals surface area contributed by atoms with E-state index in [2.05, 4.69) is 15.9 Å². The summed E-state index contributed by atoms with van der Waals surface area (Å²) < 4.78 is 79.4. The molecule has 0 aliphatic carbocycles. The molecule has 0 N–H and O–H groups in total. The fourth-order valence-corrected chi connectivity index (χ4v) is 2.05. The molecule has 1 atom stereocenters. The fraction of sp³-hybridized carbons (Fsp3) is 0.889. The third kappa shape index (κ3) is 4.23. The van der Waals surface area contributed by atoms with Gasteiger partial charge in [0.2, 0.25) is 11.8 Å². The van der Waals surface area contributed by atoms with Crippen LogP contribution in [0.25, 0.3) is 0 Å². The maximum Gasteiger partial charge on any atom is 0.409 e. The number of carbonyl (C=O) groups is 1. The Labute approximate surface area is 113 Å². The van der Waals surface area contributed by atoms with Gasteiger partial charge in [0.25, 0.3) is 0 Å². The Morgan fingerprint density at radius 3 is 2.21 bits per heavy atom. The Morgan fingerprint density at radius 1 is 1.26 bits per heavy atom. The van der Waals surface area contributed by atoms with Crippen LogP contribution in [0.15, 0.2) is 0 Å². The van der Waals surface area contributed by atoms with E-state index >= 15 is 0 Å². The average Bonchev–Trinajstić information content (AvgIpc) is 2.25. The van der Waals surface area contributed by atoms with E-state index in [1.165, 1.54) is 0 Å². The zero-order valence-corrected chi connectivity index (χ0v) is 11.0. The van der Waals surface area contributed by atoms with Gasteiger partial charge in [0.05, 0.1) is 12.7 Å². The summed E-state index contributed by atoms with van der Waals surface area (Å²) in [5, 5.41) is 0.222. The molecule has 3 nitrogen and oxygen atoms in total. The van der Waals surface area contributed by atoms with Gasteiger partial charge in [-0.1, -0.05) is 15.9 Å². The lowest BCUT2D eigenvalue weighted by Gasteiger charge is -2.35. The Hall–Kier alpha value is -0.510. The first-order valence-corrected chi connectivity index (χ1v) is 6.29. The Balaban J connectivity index is 2.88. The van der Waals surface area contributed by atoms with Gasteiger partial charge in [-0.15, -0.1) is 0 Å². The Kier molecular flexibility index (Phi) is 5.10. The van der Waals surface area contributed by atoms with Crippen LogP contribution in [0.2, 0.25) is 0 Å². The minimum atomic E-state index is -5.66. The van der Waals surface area contributed by atoms with Gasteiger partial charge in [-0.2, -0.15) is 26.3 Å². The number of halogens is 7. The topological polar surface area (TPSA) is 29.5 Å². The summed E-state index contributed by atoms with van der Waals surface area (Å²) in [6.07, 6.45) is -11.9. The van der Waals surface area contributed by atoms with E-state index in [0.29, 0.717) is 4.90 Å². The summed E-state index contributed by atoms with van der Waals surface area (Å²) in [6, 6.07) is 0. The Bertz CT molecular complexity index is 318. The second kappa shape index (κ2) is 5.86. The van der Waals surface area contributed by atoms with Crippen LogP contribution in [0, 0.1) is 5.92 Å². The highest BCUT2D eigenvalue weighted by Gasteiger charge is 2.62. The van der Waals surface area contributed by atoms with Gasteiger partial charge in [-0.25, -0.2) is 0 Å². The molecule has 0 bridgehead atoms. The van der Waals surface area contributed by atoms with Crippen molar-refractivity contribution >= 4 is 21.8 Å². The van der Waals surface area contributed by atoms with Crippen molar-refractivity contribution in [3.8, 4) is 0 Å². The van der Waals surface area contributed by atoms with Crippen molar-refractivity contribution in [2.75, 3.05) is 25.0 Å². The minimum absolute atomic E-state index is 0.0928. The van der Waals surface area contributed by atoms with E-state index in [1.807, 2.05) is 0 Å². The maximum absolute atomic E-state index is 12.4. The molecule has 0 spiro atoms. The third-order valence-corrected chi connectivity index (χ3v) is 3.25. The van der Waals surface area contributed by atoms with E-state index in [1.54, 1.807) is 0 Å². The predicted octanol–water partition coefficient (Wildman–Crippen LogP) is 2.35. The summed E-state index contributed by atoms with van der Waals surface area (Å²) in [7, 11) is 0. The first kappa shape index (κ1) is 16.5. The second-order valence-electron chi connectivity index (χ2n) is 3.95. The number of rotatable bonds is 2. The molecule has 1 saturated heterocycles. The van der Waals surface area contributed by atoms with E-state index < -0.39 is 30.3 Å². The van der Waals surface area contributed by atoms with Crippen molar-refractivity contribution < 1.29 is 35.9 Å². The summed E-state index contributed by atoms with van der Waals surface area (Å²) >= 11 is 3.00. The molecule has 19 heavy (non-hydrogen) atoms. The van der Waals surface area contributed by atoms with Crippen LogP contribution in [-0.2, 0) is 9.53 Å². The second-order valence-corrected chi connectivity index (χ2v) is 4.60. The summed E-state index contributed by atoms with van der Waals surface area (Å²) in [5.74, 6) is -5.96. The van der Waals surface area contributed by atoms with Gasteiger partial charge in [0.1, 0.15) is 0 Å². The third-order valence-electron chi connectivity index (χ3n) is 2.52. The fourth-order valence-electron chi connectivity index (χ4n) is 1.66. The lowest BCUT2D eigenvalue weighted by atomic mass is 10.1. The number of hydrogen-bond donors (Lipinski definition) is 0. The van der Waals surface area contributed by atoms with Crippen LogP contribution in [0.5, 0.6) is 0 Å². The van der Waals surface area contributed by atoms with E-state index in [-0.39, 0.29) is 25.0 Å². The number of alkyl halides is 7. The standard InChI is InChI=1S/C9H10BrF6NO2/c10-3-5-4-17(1-2-19-5)7(18)6(8(11,12)13)9(14,15)16/h5-6H,1-4H2. The zero-order valence-electron chi connectivity index (χ0n) is 9.39. The highest BCUT2D eigenvalue weighted by Crippen LogP contribution is 2.40. The molecule has 0 aromatic rings. The molecule has 0 aromatic carbocycles. The summed E-state index contributed by atoms with van der Waals surface area (Å²) in [5.41, 5.74) is 0. The van der Waals surface area contributed by atoms with Gasteiger partial charge in [0.15, 0.2) is 0 Å². The highest BCUT2D eigenvalue weighted by molar-refractivity contribution is 9.09. The van der Waals surface area contributed by atoms with E-state index in [9.17, 15) is 31.1 Å². The van der Waals surface area contributed by atoms with Crippen LogP contribution in [0.4, 0.5) is 26.3 Å². The van der Waals surface area contributed by atoms with Crippen molar-refractivity contribution in [3.05, 3.63) is 0 Å². The molecule has 1 aliphatic heterocycles. The number of nitrogens with zero attached hydrogens (tertiary/aromatic N) is 1. The first-order chi connectivity index (χ1) is 8.57. The van der Waals surface area contributed by atoms with Crippen LogP contribution >= 0.6 is 15.9 Å². The number of carbonyl (C=O) groups excluding carboxylic acids is 1. The van der Waals surface area contributed by atoms with Crippen molar-refractivity contribution in [3.63, 3.8) is 0 Å². The van der Waals surface area contributed by atoms with Crippen molar-refractivity contribution in [1.82, 2.24) is 4.90 Å². The average molecular weight is 358 g/mol. The quantitative estimate of drug-likeness (QED) is 0.560. The van der Waals surface area contributed by atoms with Crippen LogP contribution in [0.3, 0.4) is 0 Å². The van der Waals surface area contributed by atoms with Gasteiger partial charge in [-0.05, 0) is 0 Å². The number of hydrogen-bond acceptors (Lipinski definition) is 2. The Morgan fingerprint density at radius 2 is 1.79 bits per heavy atom. The highest BCUT2D eigenvalue weighted by atomic mass is 79.9. The molecule has 0 radical (unpaired) electrons. The van der Waals surface area contributed by atoms with Crippen molar-refractivity contribution in [2.24, 2.45) is 5.92 Å². The minimum Gasteiger partial charge on any atom is -0.374 e. The molecule has 1 fully saturated rings. The molecule has 1 heterocycles. The van der Waals surface area contributed by atoms with Crippen molar-refractivity contribution in [2.45, 2.75) is 18.5 Å². The molecule has 1 aliphatic rings. The predicted molar refractivity (Wildman–Crippen MR) is 55.7 cm³/mol. The van der Waals surface area contributed by atoms with Crippen molar-refractivity contribution in [1.29, 1.82) is 0 Å². The molecular weight excluding hydrogens is 348 g/mol. The molecular formula is C9H10BrF6NO2. The molecule has 0 saturated carbocycles. The molecule has 10 heteroatoms. The molecule has 1 rings (SSSR count). The van der Waals surface area contributed by atoms with Gasteiger partial charge in [-0.3, -0.25) is 4.79 Å². The molecule has 1 amide bonds. The number of ether oxygens (including phenoxy) is 1. The lowest BCUT2D eigenvalue weighted by Crippen LogP contribution is -2.54. The number of morpholine rings is 1. The zero-order chi connectivity index (χ0) is 14.8. The largest absolute Gasteiger partial charge is 0.409 e. The molecule has 1 unspecified atom stereocenters. The normalized spacial score (nSPS) is 21.9. The van der Waals surface area contributed by atoms with Gasteiger partial charge in [0, 0.05) is 18.4 Å². The number of amides is 1. The molecule has 0 aromatic heterocycles. The molecule has 112 valence electrons. The van der Waals surface area contributed by atoms with Crippen LogP contribution in [-0.4, -0.2) is 54.3 Å². The smallest absolute Gasteiger partial charge is 0.374 e. The van der Waals surface area contributed by atoms with E-state index in [0.717, 1.165) is 0 Å². The van der Waals surface area contributed by atoms with Crippen LogP contribution in [0.1, 0.15) is 0 Å².